The van der Waals surface area contributed by atoms with E-state index in [0.29, 0.717) is 6.04 Å². The number of hydrogen-bond acceptors (Lipinski definition) is 4. The smallest absolute Gasteiger partial charge is 0.0927 e. The zero-order valence-electron chi connectivity index (χ0n) is 10.1. The van der Waals surface area contributed by atoms with E-state index >= 15 is 0 Å². The number of nitrogens with one attached hydrogen (secondary N) is 1. The molecule has 4 heteroatoms. The predicted octanol–water partition coefficient (Wildman–Crippen LogP) is 3.02. The highest BCUT2D eigenvalue weighted by Gasteiger charge is 2.31. The van der Waals surface area contributed by atoms with Crippen LogP contribution in [0.15, 0.2) is 5.38 Å². The Morgan fingerprint density at radius 1 is 1.50 bits per heavy atom. The first-order chi connectivity index (χ1) is 7.86. The van der Waals surface area contributed by atoms with Crippen molar-refractivity contribution in [3.05, 3.63) is 11.1 Å². The van der Waals surface area contributed by atoms with Gasteiger partial charge in [0, 0.05) is 5.38 Å². The third kappa shape index (κ3) is 2.43. The zero-order chi connectivity index (χ0) is 11.4. The summed E-state index contributed by atoms with van der Waals surface area (Å²) in [5.74, 6) is 1.60. The fraction of sp³-hybridized carbons (Fsp3) is 0.833. The van der Waals surface area contributed by atoms with Gasteiger partial charge in [-0.25, -0.2) is 0 Å². The second kappa shape index (κ2) is 5.73. The number of hydrogen-bond donors (Lipinski definition) is 1. The summed E-state index contributed by atoms with van der Waals surface area (Å²) in [6.45, 7) is 2.31. The summed E-state index contributed by atoms with van der Waals surface area (Å²) in [5, 5.41) is 9.77. The van der Waals surface area contributed by atoms with E-state index in [9.17, 15) is 0 Å². The maximum atomic E-state index is 4.24. The fourth-order valence-electron chi connectivity index (χ4n) is 3.07. The minimum Gasteiger partial charge on any atom is -0.311 e. The minimum absolute atomic E-state index is 0.406. The third-order valence-corrected chi connectivity index (χ3v) is 4.45. The largest absolute Gasteiger partial charge is 0.311 e. The summed E-state index contributed by atoms with van der Waals surface area (Å²) in [6.07, 6.45) is 6.79. The molecule has 1 aliphatic carbocycles. The van der Waals surface area contributed by atoms with Crippen LogP contribution in [0.4, 0.5) is 0 Å². The third-order valence-electron chi connectivity index (χ3n) is 3.93. The van der Waals surface area contributed by atoms with Gasteiger partial charge in [-0.3, -0.25) is 0 Å². The lowest BCUT2D eigenvalue weighted by molar-refractivity contribution is 0.178. The van der Waals surface area contributed by atoms with Gasteiger partial charge in [-0.15, -0.1) is 5.10 Å². The van der Waals surface area contributed by atoms with Gasteiger partial charge >= 0.3 is 0 Å². The van der Waals surface area contributed by atoms with Crippen molar-refractivity contribution in [1.29, 1.82) is 0 Å². The van der Waals surface area contributed by atoms with Crippen LogP contribution in [0.25, 0.3) is 0 Å². The van der Waals surface area contributed by atoms with Gasteiger partial charge in [0.25, 0.3) is 0 Å². The average molecular weight is 239 g/mol. The van der Waals surface area contributed by atoms with Crippen LogP contribution in [0.5, 0.6) is 0 Å². The van der Waals surface area contributed by atoms with Crippen LogP contribution in [0.2, 0.25) is 0 Å². The van der Waals surface area contributed by atoms with Crippen molar-refractivity contribution >= 4 is 11.5 Å². The van der Waals surface area contributed by atoms with Crippen LogP contribution < -0.4 is 5.32 Å². The number of nitrogens with zero attached hydrogens (tertiary/aromatic N) is 2. The molecule has 90 valence electrons. The van der Waals surface area contributed by atoms with E-state index in [4.69, 9.17) is 0 Å². The first kappa shape index (κ1) is 12.0. The van der Waals surface area contributed by atoms with Gasteiger partial charge in [0.2, 0.25) is 0 Å². The molecule has 1 aromatic rings. The van der Waals surface area contributed by atoms with E-state index in [0.717, 1.165) is 17.5 Å². The van der Waals surface area contributed by atoms with Crippen LogP contribution in [0, 0.1) is 11.8 Å². The van der Waals surface area contributed by atoms with Gasteiger partial charge < -0.3 is 5.32 Å². The Labute approximate surface area is 102 Å². The summed E-state index contributed by atoms with van der Waals surface area (Å²) in [7, 11) is 2.05. The molecule has 3 unspecified atom stereocenters. The molecule has 1 saturated carbocycles. The lowest BCUT2D eigenvalue weighted by atomic mass is 9.73. The Kier molecular flexibility index (Phi) is 4.29. The molecule has 1 aliphatic rings. The molecule has 0 aromatic carbocycles. The molecule has 0 amide bonds. The Morgan fingerprint density at radius 3 is 2.94 bits per heavy atom. The van der Waals surface area contributed by atoms with Gasteiger partial charge in [-0.2, -0.15) is 0 Å². The molecule has 0 saturated heterocycles. The summed E-state index contributed by atoms with van der Waals surface area (Å²) in [6, 6.07) is 0.406. The molecule has 16 heavy (non-hydrogen) atoms. The average Bonchev–Trinajstić information content (AvgIpc) is 2.84. The molecule has 0 aliphatic heterocycles. The summed E-state index contributed by atoms with van der Waals surface area (Å²) in [4.78, 5) is 0. The Morgan fingerprint density at radius 2 is 2.31 bits per heavy atom. The second-order valence-electron chi connectivity index (χ2n) is 4.71. The molecular formula is C12H21N3S. The lowest BCUT2D eigenvalue weighted by Crippen LogP contribution is -2.32. The highest BCUT2D eigenvalue weighted by atomic mass is 32.1. The summed E-state index contributed by atoms with van der Waals surface area (Å²) < 4.78 is 3.99. The normalized spacial score (nSPS) is 27.9. The molecular weight excluding hydrogens is 218 g/mol. The molecule has 0 radical (unpaired) electrons. The Bertz CT molecular complexity index is 299. The van der Waals surface area contributed by atoms with Crippen molar-refractivity contribution in [1.82, 2.24) is 14.9 Å². The molecule has 3 nitrogen and oxygen atoms in total. The van der Waals surface area contributed by atoms with Gasteiger partial charge in [0.1, 0.15) is 0 Å². The quantitative estimate of drug-likeness (QED) is 0.877. The molecule has 2 rings (SSSR count). The molecule has 1 fully saturated rings. The van der Waals surface area contributed by atoms with E-state index in [2.05, 4.69) is 27.2 Å². The molecule has 0 bridgehead atoms. The van der Waals surface area contributed by atoms with E-state index in [-0.39, 0.29) is 0 Å². The van der Waals surface area contributed by atoms with Crippen molar-refractivity contribution in [2.45, 2.75) is 45.1 Å². The molecule has 3 atom stereocenters. The second-order valence-corrected chi connectivity index (χ2v) is 5.32. The van der Waals surface area contributed by atoms with Crippen molar-refractivity contribution in [2.24, 2.45) is 11.8 Å². The van der Waals surface area contributed by atoms with Gasteiger partial charge in [0.15, 0.2) is 0 Å². The lowest BCUT2D eigenvalue weighted by Gasteiger charge is -2.35. The van der Waals surface area contributed by atoms with Crippen LogP contribution in [-0.2, 0) is 0 Å². The van der Waals surface area contributed by atoms with Gasteiger partial charge in [-0.1, -0.05) is 37.1 Å². The highest BCUT2D eigenvalue weighted by molar-refractivity contribution is 7.03. The van der Waals surface area contributed by atoms with E-state index < -0.39 is 0 Å². The molecule has 1 aromatic heterocycles. The SMILES string of the molecule is CCC1CCCCC1C(NC)c1csnn1. The topological polar surface area (TPSA) is 37.8 Å². The molecule has 1 N–H and O–H groups in total. The van der Waals surface area contributed by atoms with Crippen LogP contribution in [-0.4, -0.2) is 16.6 Å². The van der Waals surface area contributed by atoms with Crippen molar-refractivity contribution < 1.29 is 0 Å². The Hall–Kier alpha value is -0.480. The van der Waals surface area contributed by atoms with E-state index in [1.54, 1.807) is 0 Å². The molecule has 1 heterocycles. The van der Waals surface area contributed by atoms with Gasteiger partial charge in [-0.05, 0) is 36.8 Å². The standard InChI is InChI=1S/C12H21N3S/c1-3-9-6-4-5-7-10(9)12(13-2)11-8-16-15-14-11/h8-10,12-13H,3-7H2,1-2H3. The van der Waals surface area contributed by atoms with Crippen molar-refractivity contribution in [2.75, 3.05) is 7.05 Å². The van der Waals surface area contributed by atoms with Gasteiger partial charge in [0.05, 0.1) is 11.7 Å². The number of rotatable bonds is 4. The monoisotopic (exact) mass is 239 g/mol. The van der Waals surface area contributed by atoms with Crippen LogP contribution >= 0.6 is 11.5 Å². The highest BCUT2D eigenvalue weighted by Crippen LogP contribution is 2.39. The van der Waals surface area contributed by atoms with E-state index in [1.165, 1.54) is 43.6 Å². The van der Waals surface area contributed by atoms with Crippen molar-refractivity contribution in [3.8, 4) is 0 Å². The predicted molar refractivity (Wildman–Crippen MR) is 67.4 cm³/mol. The summed E-state index contributed by atoms with van der Waals surface area (Å²) >= 11 is 1.46. The zero-order valence-corrected chi connectivity index (χ0v) is 11.0. The number of aromatic nitrogens is 2. The van der Waals surface area contributed by atoms with Crippen LogP contribution in [0.1, 0.15) is 50.8 Å². The minimum atomic E-state index is 0.406. The Balaban J connectivity index is 2.13. The maximum Gasteiger partial charge on any atom is 0.0927 e. The van der Waals surface area contributed by atoms with Crippen molar-refractivity contribution in [3.63, 3.8) is 0 Å². The first-order valence-corrected chi connectivity index (χ1v) is 7.14. The molecule has 0 spiro atoms. The summed E-state index contributed by atoms with van der Waals surface area (Å²) in [5.41, 5.74) is 1.14. The fourth-order valence-corrected chi connectivity index (χ4v) is 3.56. The first-order valence-electron chi connectivity index (χ1n) is 6.31. The van der Waals surface area contributed by atoms with E-state index in [1.807, 2.05) is 7.05 Å². The maximum absolute atomic E-state index is 4.24. The van der Waals surface area contributed by atoms with Crippen LogP contribution in [0.3, 0.4) is 0 Å².